The molecule has 0 saturated heterocycles. The minimum absolute atomic E-state index is 0.189. The van der Waals surface area contributed by atoms with Crippen molar-refractivity contribution in [1.82, 2.24) is 10.3 Å². The van der Waals surface area contributed by atoms with E-state index in [-0.39, 0.29) is 12.3 Å². The summed E-state index contributed by atoms with van der Waals surface area (Å²) in [4.78, 5) is 29.1. The van der Waals surface area contributed by atoms with E-state index in [1.165, 1.54) is 7.11 Å². The molecule has 0 fully saturated rings. The van der Waals surface area contributed by atoms with E-state index in [1.54, 1.807) is 11.8 Å². The Labute approximate surface area is 239 Å². The average molecular weight is 549 g/mol. The molecule has 0 unspecified atom stereocenters. The van der Waals surface area contributed by atoms with E-state index in [9.17, 15) is 9.59 Å². The number of aromatic nitrogens is 1. The van der Waals surface area contributed by atoms with E-state index < -0.39 is 16.8 Å². The number of aromatic amines is 1. The van der Waals surface area contributed by atoms with Crippen molar-refractivity contribution < 1.29 is 14.3 Å². The summed E-state index contributed by atoms with van der Waals surface area (Å²) in [6.07, 6.45) is 2.48. The molecule has 0 aliphatic rings. The molecule has 1 aromatic heterocycles. The van der Waals surface area contributed by atoms with Gasteiger partial charge in [-0.25, -0.2) is 4.79 Å². The van der Waals surface area contributed by atoms with Crippen molar-refractivity contribution in [1.29, 1.82) is 0 Å². The average Bonchev–Trinajstić information content (AvgIpc) is 3.42. The SMILES string of the molecule is COC(=O)[C@H](Cc1c[nH]c2ccccc12)NC(=O)CCSC(c1ccccc1)(c1ccccc1)c1ccccc1. The van der Waals surface area contributed by atoms with Gasteiger partial charge in [0.25, 0.3) is 0 Å². The van der Waals surface area contributed by atoms with Crippen LogP contribution in [0.1, 0.15) is 28.7 Å². The fourth-order valence-electron chi connectivity index (χ4n) is 5.19. The van der Waals surface area contributed by atoms with Crippen molar-refractivity contribution in [2.24, 2.45) is 0 Å². The van der Waals surface area contributed by atoms with Crippen LogP contribution in [0.3, 0.4) is 0 Å². The minimum Gasteiger partial charge on any atom is -0.467 e. The summed E-state index contributed by atoms with van der Waals surface area (Å²) in [5, 5.41) is 3.96. The van der Waals surface area contributed by atoms with Crippen molar-refractivity contribution in [3.05, 3.63) is 144 Å². The highest BCUT2D eigenvalue weighted by Crippen LogP contribution is 2.48. The van der Waals surface area contributed by atoms with Crippen LogP contribution in [0.25, 0.3) is 10.9 Å². The van der Waals surface area contributed by atoms with Gasteiger partial charge >= 0.3 is 5.97 Å². The molecule has 2 N–H and O–H groups in total. The molecule has 1 amide bonds. The van der Waals surface area contributed by atoms with Gasteiger partial charge in [-0.05, 0) is 28.3 Å². The number of thioether (sulfide) groups is 1. The molecule has 5 aromatic rings. The van der Waals surface area contributed by atoms with E-state index >= 15 is 0 Å². The van der Waals surface area contributed by atoms with Gasteiger partial charge in [0, 0.05) is 35.7 Å². The first kappa shape index (κ1) is 27.3. The van der Waals surface area contributed by atoms with Gasteiger partial charge in [0.1, 0.15) is 6.04 Å². The van der Waals surface area contributed by atoms with Crippen LogP contribution >= 0.6 is 11.8 Å². The summed E-state index contributed by atoms with van der Waals surface area (Å²) < 4.78 is 4.53. The van der Waals surface area contributed by atoms with Crippen molar-refractivity contribution in [3.8, 4) is 0 Å². The van der Waals surface area contributed by atoms with E-state index in [2.05, 4.69) is 83.1 Å². The lowest BCUT2D eigenvalue weighted by Crippen LogP contribution is -2.43. The predicted octanol–water partition coefficient (Wildman–Crippen LogP) is 6.48. The second kappa shape index (κ2) is 12.7. The molecular formula is C34H32N2O3S. The summed E-state index contributed by atoms with van der Waals surface area (Å²) in [6, 6.07) is 38.3. The Bertz CT molecular complexity index is 1460. The third-order valence-electron chi connectivity index (χ3n) is 7.11. The fraction of sp³-hybridized carbons (Fsp3) is 0.176. The highest BCUT2D eigenvalue weighted by atomic mass is 32.2. The molecular weight excluding hydrogens is 516 g/mol. The first-order chi connectivity index (χ1) is 19.6. The van der Waals surface area contributed by atoms with Gasteiger partial charge < -0.3 is 15.0 Å². The third-order valence-corrected chi connectivity index (χ3v) is 8.66. The quantitative estimate of drug-likeness (QED) is 0.146. The topological polar surface area (TPSA) is 71.2 Å². The van der Waals surface area contributed by atoms with Crippen molar-refractivity contribution in [2.75, 3.05) is 12.9 Å². The summed E-state index contributed by atoms with van der Waals surface area (Å²) in [5.41, 5.74) is 5.37. The summed E-state index contributed by atoms with van der Waals surface area (Å²) >= 11 is 1.72. The van der Waals surface area contributed by atoms with Crippen molar-refractivity contribution in [2.45, 2.75) is 23.6 Å². The van der Waals surface area contributed by atoms with Crippen LogP contribution < -0.4 is 5.32 Å². The zero-order valence-electron chi connectivity index (χ0n) is 22.4. The number of esters is 1. The Balaban J connectivity index is 1.36. The number of amides is 1. The molecule has 0 aliphatic heterocycles. The van der Waals surface area contributed by atoms with E-state index in [0.717, 1.165) is 33.2 Å². The van der Waals surface area contributed by atoms with E-state index in [1.807, 2.05) is 48.7 Å². The number of methoxy groups -OCH3 is 1. The Morgan fingerprint density at radius 1 is 0.800 bits per heavy atom. The molecule has 202 valence electrons. The Morgan fingerprint density at radius 3 is 1.88 bits per heavy atom. The molecule has 40 heavy (non-hydrogen) atoms. The maximum Gasteiger partial charge on any atom is 0.328 e. The van der Waals surface area contributed by atoms with Gasteiger partial charge in [0.2, 0.25) is 5.91 Å². The Hall–Kier alpha value is -4.29. The van der Waals surface area contributed by atoms with Crippen LogP contribution in [-0.4, -0.2) is 35.8 Å². The number of rotatable bonds is 11. The van der Waals surface area contributed by atoms with Crippen LogP contribution in [0.4, 0.5) is 0 Å². The van der Waals surface area contributed by atoms with E-state index in [4.69, 9.17) is 4.74 Å². The fourth-order valence-corrected chi connectivity index (χ4v) is 6.69. The maximum atomic E-state index is 13.2. The number of carbonyl (C=O) groups excluding carboxylic acids is 2. The lowest BCUT2D eigenvalue weighted by Gasteiger charge is -2.35. The predicted molar refractivity (Wildman–Crippen MR) is 162 cm³/mol. The standard InChI is InChI=1S/C34H32N2O3S/c1-39-33(38)31(23-25-24-35-30-20-12-11-19-29(25)30)36-32(37)21-22-40-34(26-13-5-2-6-14-26,27-15-7-3-8-16-27)28-17-9-4-10-18-28/h2-20,24,31,35H,21-23H2,1H3,(H,36,37)/t31-/m0/s1. The first-order valence-electron chi connectivity index (χ1n) is 13.3. The van der Waals surface area contributed by atoms with Gasteiger partial charge in [-0.1, -0.05) is 109 Å². The summed E-state index contributed by atoms with van der Waals surface area (Å²) in [6.45, 7) is 0. The van der Waals surface area contributed by atoms with Crippen LogP contribution in [0.5, 0.6) is 0 Å². The van der Waals surface area contributed by atoms with Crippen molar-refractivity contribution in [3.63, 3.8) is 0 Å². The van der Waals surface area contributed by atoms with Gasteiger partial charge in [0.15, 0.2) is 0 Å². The highest BCUT2D eigenvalue weighted by Gasteiger charge is 2.37. The molecule has 1 atom stereocenters. The molecule has 1 heterocycles. The minimum atomic E-state index is -0.774. The molecule has 0 bridgehead atoms. The van der Waals surface area contributed by atoms with Gasteiger partial charge in [-0.3, -0.25) is 4.79 Å². The number of para-hydroxylation sites is 1. The smallest absolute Gasteiger partial charge is 0.328 e. The molecule has 0 spiro atoms. The Kier molecular flexibility index (Phi) is 8.67. The summed E-state index contributed by atoms with van der Waals surface area (Å²) in [7, 11) is 1.35. The lowest BCUT2D eigenvalue weighted by atomic mass is 9.84. The molecule has 0 saturated carbocycles. The van der Waals surface area contributed by atoms with Gasteiger partial charge in [-0.2, -0.15) is 0 Å². The number of hydrogen-bond donors (Lipinski definition) is 2. The summed E-state index contributed by atoms with van der Waals surface area (Å²) in [5.74, 6) is -0.102. The van der Waals surface area contributed by atoms with Crippen LogP contribution in [0.15, 0.2) is 121 Å². The molecule has 5 nitrogen and oxygen atoms in total. The number of H-pyrrole nitrogens is 1. The second-order valence-electron chi connectivity index (χ2n) is 9.58. The number of carbonyl (C=O) groups is 2. The second-order valence-corrected chi connectivity index (χ2v) is 10.9. The number of hydrogen-bond acceptors (Lipinski definition) is 4. The van der Waals surface area contributed by atoms with Crippen LogP contribution in [0.2, 0.25) is 0 Å². The normalized spacial score (nSPS) is 12.1. The first-order valence-corrected chi connectivity index (χ1v) is 14.3. The van der Waals surface area contributed by atoms with Crippen LogP contribution in [-0.2, 0) is 25.5 Å². The molecule has 6 heteroatoms. The Morgan fingerprint density at radius 2 is 1.32 bits per heavy atom. The largest absolute Gasteiger partial charge is 0.467 e. The number of fused-ring (bicyclic) bond motifs is 1. The van der Waals surface area contributed by atoms with E-state index in [0.29, 0.717) is 12.2 Å². The molecule has 4 aromatic carbocycles. The van der Waals surface area contributed by atoms with Gasteiger partial charge in [-0.15, -0.1) is 11.8 Å². The number of benzene rings is 4. The molecule has 5 rings (SSSR count). The zero-order chi connectivity index (χ0) is 27.8. The maximum absolute atomic E-state index is 13.2. The third kappa shape index (κ3) is 5.82. The lowest BCUT2D eigenvalue weighted by molar-refractivity contribution is -0.145. The van der Waals surface area contributed by atoms with Gasteiger partial charge in [0.05, 0.1) is 11.9 Å². The van der Waals surface area contributed by atoms with Crippen molar-refractivity contribution >= 4 is 34.5 Å². The number of nitrogens with one attached hydrogen (secondary N) is 2. The number of ether oxygens (including phenoxy) is 1. The molecule has 0 radical (unpaired) electrons. The zero-order valence-corrected chi connectivity index (χ0v) is 23.2. The van der Waals surface area contributed by atoms with Crippen LogP contribution in [0, 0.1) is 0 Å². The highest BCUT2D eigenvalue weighted by molar-refractivity contribution is 8.00. The monoisotopic (exact) mass is 548 g/mol. The molecule has 0 aliphatic carbocycles.